The van der Waals surface area contributed by atoms with Gasteiger partial charge in [-0.1, -0.05) is 12.1 Å². The summed E-state index contributed by atoms with van der Waals surface area (Å²) in [5.74, 6) is 0.858. The van der Waals surface area contributed by atoms with E-state index in [-0.39, 0.29) is 12.0 Å². The maximum absolute atomic E-state index is 12.3. The molecule has 0 atom stereocenters. The highest BCUT2D eigenvalue weighted by atomic mass is 16.5. The van der Waals surface area contributed by atoms with E-state index in [4.69, 9.17) is 9.47 Å². The third-order valence-electron chi connectivity index (χ3n) is 4.03. The number of hydrogen-bond donors (Lipinski definition) is 1. The van der Waals surface area contributed by atoms with Gasteiger partial charge in [-0.15, -0.1) is 0 Å². The van der Waals surface area contributed by atoms with E-state index in [1.54, 1.807) is 17.0 Å². The van der Waals surface area contributed by atoms with Gasteiger partial charge in [0.1, 0.15) is 5.75 Å². The van der Waals surface area contributed by atoms with Crippen LogP contribution in [0.1, 0.15) is 30.1 Å². The van der Waals surface area contributed by atoms with Crippen LogP contribution in [-0.2, 0) is 4.74 Å². The predicted octanol–water partition coefficient (Wildman–Crippen LogP) is 2.29. The van der Waals surface area contributed by atoms with Crippen molar-refractivity contribution in [2.75, 3.05) is 33.4 Å². The fraction of sp³-hybridized carbons (Fsp3) is 0.529. The Bertz CT molecular complexity index is 539. The number of carbonyl (C=O) groups excluding carboxylic acids is 2. The highest BCUT2D eigenvalue weighted by molar-refractivity contribution is 5.96. The van der Waals surface area contributed by atoms with E-state index in [0.717, 1.165) is 12.8 Å². The van der Waals surface area contributed by atoms with Crippen LogP contribution in [0.2, 0.25) is 0 Å². The molecule has 2 rings (SSSR count). The van der Waals surface area contributed by atoms with Crippen LogP contribution in [0, 0.1) is 5.92 Å². The number of methoxy groups -OCH3 is 1. The molecular formula is C17H24N2O4. The van der Waals surface area contributed by atoms with Crippen molar-refractivity contribution in [3.8, 4) is 5.75 Å². The molecule has 1 heterocycles. The molecule has 1 saturated heterocycles. The lowest BCUT2D eigenvalue weighted by atomic mass is 9.97. The normalized spacial score (nSPS) is 15.1. The highest BCUT2D eigenvalue weighted by Crippen LogP contribution is 2.19. The Morgan fingerprint density at radius 3 is 2.61 bits per heavy atom. The van der Waals surface area contributed by atoms with Crippen LogP contribution in [0.25, 0.3) is 0 Å². The Morgan fingerprint density at radius 1 is 1.26 bits per heavy atom. The minimum absolute atomic E-state index is 0.121. The highest BCUT2D eigenvalue weighted by Gasteiger charge is 2.23. The molecule has 1 aromatic rings. The molecule has 6 heteroatoms. The maximum atomic E-state index is 12.3. The van der Waals surface area contributed by atoms with Gasteiger partial charge in [0.2, 0.25) is 0 Å². The molecule has 1 aromatic carbocycles. The minimum Gasteiger partial charge on any atom is -0.493 e. The van der Waals surface area contributed by atoms with E-state index < -0.39 is 0 Å². The second-order valence-electron chi connectivity index (χ2n) is 5.54. The van der Waals surface area contributed by atoms with Crippen LogP contribution in [0.15, 0.2) is 24.3 Å². The van der Waals surface area contributed by atoms with Crippen molar-refractivity contribution >= 4 is 12.0 Å². The summed E-state index contributed by atoms with van der Waals surface area (Å²) in [6.45, 7) is 4.36. The van der Waals surface area contributed by atoms with E-state index in [9.17, 15) is 9.59 Å². The van der Waals surface area contributed by atoms with E-state index >= 15 is 0 Å². The lowest BCUT2D eigenvalue weighted by Crippen LogP contribution is -2.41. The molecule has 2 amide bonds. The van der Waals surface area contributed by atoms with Gasteiger partial charge in [0.15, 0.2) is 0 Å². The Kier molecular flexibility index (Phi) is 6.26. The SMILES string of the molecule is CCOc1ccccc1C(=O)NCC1CCN(C(=O)OC)CC1. The van der Waals surface area contributed by atoms with Crippen LogP contribution >= 0.6 is 0 Å². The Morgan fingerprint density at radius 2 is 1.96 bits per heavy atom. The van der Waals surface area contributed by atoms with E-state index in [0.29, 0.717) is 43.5 Å². The molecule has 1 aliphatic heterocycles. The number of likely N-dealkylation sites (tertiary alicyclic amines) is 1. The molecule has 1 aliphatic rings. The Labute approximate surface area is 136 Å². The lowest BCUT2D eigenvalue weighted by Gasteiger charge is -2.30. The van der Waals surface area contributed by atoms with Gasteiger partial charge in [-0.3, -0.25) is 4.79 Å². The third kappa shape index (κ3) is 4.61. The number of benzene rings is 1. The molecule has 0 bridgehead atoms. The topological polar surface area (TPSA) is 67.9 Å². The maximum Gasteiger partial charge on any atom is 0.409 e. The van der Waals surface area contributed by atoms with Crippen molar-refractivity contribution in [1.82, 2.24) is 10.2 Å². The summed E-state index contributed by atoms with van der Waals surface area (Å²) in [6, 6.07) is 7.24. The average Bonchev–Trinajstić information content (AvgIpc) is 2.60. The van der Waals surface area contributed by atoms with E-state index in [2.05, 4.69) is 5.32 Å². The fourth-order valence-electron chi connectivity index (χ4n) is 2.72. The van der Waals surface area contributed by atoms with Gasteiger partial charge in [0, 0.05) is 19.6 Å². The summed E-state index contributed by atoms with van der Waals surface area (Å²) in [7, 11) is 1.39. The van der Waals surface area contributed by atoms with Crippen LogP contribution in [-0.4, -0.2) is 50.3 Å². The number of nitrogens with zero attached hydrogens (tertiary/aromatic N) is 1. The zero-order chi connectivity index (χ0) is 16.7. The monoisotopic (exact) mass is 320 g/mol. The molecule has 23 heavy (non-hydrogen) atoms. The zero-order valence-corrected chi connectivity index (χ0v) is 13.7. The number of para-hydroxylation sites is 1. The standard InChI is InChI=1S/C17H24N2O4/c1-3-23-15-7-5-4-6-14(15)16(20)18-12-13-8-10-19(11-9-13)17(21)22-2/h4-7,13H,3,8-12H2,1-2H3,(H,18,20). The summed E-state index contributed by atoms with van der Waals surface area (Å²) >= 11 is 0. The Balaban J connectivity index is 1.83. The summed E-state index contributed by atoms with van der Waals surface area (Å²) in [4.78, 5) is 25.5. The van der Waals surface area contributed by atoms with Crippen molar-refractivity contribution in [1.29, 1.82) is 0 Å². The molecule has 0 saturated carbocycles. The molecule has 0 radical (unpaired) electrons. The number of nitrogens with one attached hydrogen (secondary N) is 1. The fourth-order valence-corrected chi connectivity index (χ4v) is 2.72. The summed E-state index contributed by atoms with van der Waals surface area (Å²) in [5, 5.41) is 2.97. The first-order chi connectivity index (χ1) is 11.2. The quantitative estimate of drug-likeness (QED) is 0.904. The number of piperidine rings is 1. The second-order valence-corrected chi connectivity index (χ2v) is 5.54. The summed E-state index contributed by atoms with van der Waals surface area (Å²) in [5.41, 5.74) is 0.557. The van der Waals surface area contributed by atoms with Crippen LogP contribution in [0.5, 0.6) is 5.75 Å². The first-order valence-corrected chi connectivity index (χ1v) is 7.98. The smallest absolute Gasteiger partial charge is 0.409 e. The van der Waals surface area contributed by atoms with Crippen molar-refractivity contribution in [2.24, 2.45) is 5.92 Å². The molecular weight excluding hydrogens is 296 g/mol. The molecule has 0 aromatic heterocycles. The van der Waals surface area contributed by atoms with Crippen molar-refractivity contribution < 1.29 is 19.1 Å². The van der Waals surface area contributed by atoms with Crippen LogP contribution in [0.3, 0.4) is 0 Å². The number of ether oxygens (including phenoxy) is 2. The predicted molar refractivity (Wildman–Crippen MR) is 86.6 cm³/mol. The Hall–Kier alpha value is -2.24. The third-order valence-corrected chi connectivity index (χ3v) is 4.03. The molecule has 0 aliphatic carbocycles. The van der Waals surface area contributed by atoms with Crippen molar-refractivity contribution in [3.63, 3.8) is 0 Å². The first kappa shape index (κ1) is 17.1. The largest absolute Gasteiger partial charge is 0.493 e. The van der Waals surface area contributed by atoms with E-state index in [1.165, 1.54) is 7.11 Å². The van der Waals surface area contributed by atoms with Gasteiger partial charge in [-0.25, -0.2) is 4.79 Å². The zero-order valence-electron chi connectivity index (χ0n) is 13.7. The number of hydrogen-bond acceptors (Lipinski definition) is 4. The van der Waals surface area contributed by atoms with Gasteiger partial charge < -0.3 is 19.7 Å². The number of rotatable bonds is 5. The molecule has 126 valence electrons. The van der Waals surface area contributed by atoms with Gasteiger partial charge in [0.25, 0.3) is 5.91 Å². The van der Waals surface area contributed by atoms with E-state index in [1.807, 2.05) is 19.1 Å². The molecule has 1 N–H and O–H groups in total. The molecule has 1 fully saturated rings. The van der Waals surface area contributed by atoms with Gasteiger partial charge >= 0.3 is 6.09 Å². The van der Waals surface area contributed by atoms with Crippen molar-refractivity contribution in [2.45, 2.75) is 19.8 Å². The van der Waals surface area contributed by atoms with Gasteiger partial charge in [0.05, 0.1) is 19.3 Å². The van der Waals surface area contributed by atoms with Gasteiger partial charge in [-0.05, 0) is 37.8 Å². The van der Waals surface area contributed by atoms with Gasteiger partial charge in [-0.2, -0.15) is 0 Å². The summed E-state index contributed by atoms with van der Waals surface area (Å²) < 4.78 is 10.2. The van der Waals surface area contributed by atoms with Crippen LogP contribution in [0.4, 0.5) is 4.79 Å². The molecule has 0 unspecified atom stereocenters. The number of carbonyl (C=O) groups is 2. The second kappa shape index (κ2) is 8.41. The molecule has 0 spiro atoms. The average molecular weight is 320 g/mol. The minimum atomic E-state index is -0.280. The first-order valence-electron chi connectivity index (χ1n) is 7.98. The number of amides is 2. The van der Waals surface area contributed by atoms with Crippen LogP contribution < -0.4 is 10.1 Å². The lowest BCUT2D eigenvalue weighted by molar-refractivity contribution is 0.0911. The van der Waals surface area contributed by atoms with Crippen molar-refractivity contribution in [3.05, 3.63) is 29.8 Å². The molecule has 6 nitrogen and oxygen atoms in total. The summed E-state index contributed by atoms with van der Waals surface area (Å²) in [6.07, 6.45) is 1.45.